The molecule has 2 heterocycles. The summed E-state index contributed by atoms with van der Waals surface area (Å²) in [4.78, 5) is 16.4. The summed E-state index contributed by atoms with van der Waals surface area (Å²) in [6.07, 6.45) is 24.3. The van der Waals surface area contributed by atoms with E-state index in [1.807, 2.05) is 18.2 Å². The number of hydrogen-bond acceptors (Lipinski definition) is 4. The molecule has 0 saturated carbocycles. The molecule has 5 heteroatoms. The lowest BCUT2D eigenvalue weighted by Gasteiger charge is -2.29. The molecule has 0 unspecified atom stereocenters. The van der Waals surface area contributed by atoms with Crippen LogP contribution in [0.25, 0.3) is 0 Å². The Bertz CT molecular complexity index is 1690. The topological polar surface area (TPSA) is 52.8 Å². The largest absolute Gasteiger partial charge is 0.506 e. The molecular formula is C47H67N2O3+. The van der Waals surface area contributed by atoms with E-state index in [1.165, 1.54) is 112 Å². The maximum atomic E-state index is 14.0. The number of allylic oxidation sites excluding steroid dienone is 5. The highest BCUT2D eigenvalue weighted by molar-refractivity contribution is 6.24. The fraction of sp³-hybridized carbons (Fsp3) is 0.574. The van der Waals surface area contributed by atoms with Crippen LogP contribution in [0.3, 0.4) is 0 Å². The summed E-state index contributed by atoms with van der Waals surface area (Å²) in [5.74, 6) is 0.869. The Morgan fingerprint density at radius 1 is 0.731 bits per heavy atom. The Labute approximate surface area is 315 Å². The van der Waals surface area contributed by atoms with Gasteiger partial charge in [0.15, 0.2) is 5.71 Å². The molecule has 5 nitrogen and oxygen atoms in total. The molecule has 52 heavy (non-hydrogen) atoms. The molecule has 0 radical (unpaired) electrons. The van der Waals surface area contributed by atoms with E-state index in [0.29, 0.717) is 11.1 Å². The van der Waals surface area contributed by atoms with Crippen LogP contribution in [0.15, 0.2) is 77.2 Å². The van der Waals surface area contributed by atoms with Crippen LogP contribution >= 0.6 is 0 Å². The number of aliphatic hydroxyl groups is 1. The van der Waals surface area contributed by atoms with Crippen LogP contribution in [0.5, 0.6) is 5.75 Å². The number of benzene rings is 2. The zero-order valence-electron chi connectivity index (χ0n) is 33.6. The second-order valence-corrected chi connectivity index (χ2v) is 16.5. The Hall–Kier alpha value is -3.60. The lowest BCUT2D eigenvalue weighted by atomic mass is 9.77. The minimum absolute atomic E-state index is 0.0769. The van der Waals surface area contributed by atoms with Crippen LogP contribution in [0.4, 0.5) is 11.4 Å². The van der Waals surface area contributed by atoms with Gasteiger partial charge in [-0.3, -0.25) is 4.79 Å². The molecule has 0 fully saturated rings. The normalized spacial score (nSPS) is 18.8. The first kappa shape index (κ1) is 39.6. The van der Waals surface area contributed by atoms with Gasteiger partial charge in [-0.1, -0.05) is 129 Å². The van der Waals surface area contributed by atoms with Crippen LogP contribution in [0, 0.1) is 0 Å². The summed E-state index contributed by atoms with van der Waals surface area (Å²) in [5, 5.41) is 11.6. The monoisotopic (exact) mass is 708 g/mol. The molecule has 2 aromatic rings. The van der Waals surface area contributed by atoms with Gasteiger partial charge in [-0.15, -0.1) is 0 Å². The van der Waals surface area contributed by atoms with E-state index in [1.54, 1.807) is 7.11 Å². The van der Waals surface area contributed by atoms with Crippen molar-refractivity contribution in [3.8, 4) is 5.75 Å². The number of unbranched alkanes of at least 4 members (excludes halogenated alkanes) is 14. The van der Waals surface area contributed by atoms with Crippen molar-refractivity contribution >= 4 is 22.9 Å². The van der Waals surface area contributed by atoms with E-state index in [2.05, 4.69) is 87.4 Å². The van der Waals surface area contributed by atoms with Crippen LogP contribution in [0.2, 0.25) is 0 Å². The van der Waals surface area contributed by atoms with Gasteiger partial charge in [0.05, 0.1) is 23.7 Å². The van der Waals surface area contributed by atoms with Gasteiger partial charge in [0.1, 0.15) is 18.1 Å². The van der Waals surface area contributed by atoms with Crippen molar-refractivity contribution in [1.29, 1.82) is 0 Å². The number of nitrogens with zero attached hydrogens (tertiary/aromatic N) is 2. The average molecular weight is 708 g/mol. The lowest BCUT2D eigenvalue weighted by Crippen LogP contribution is -2.32. The molecular weight excluding hydrogens is 641 g/mol. The highest BCUT2D eigenvalue weighted by Crippen LogP contribution is 2.50. The molecule has 0 atom stereocenters. The van der Waals surface area contributed by atoms with E-state index >= 15 is 0 Å². The number of carbonyl (C=O) groups excluding carboxylic acids is 1. The number of ether oxygens (including phenoxy) is 1. The summed E-state index contributed by atoms with van der Waals surface area (Å²) in [6, 6.07) is 14.9. The number of ketones is 1. The predicted molar refractivity (Wildman–Crippen MR) is 219 cm³/mol. The van der Waals surface area contributed by atoms with Gasteiger partial charge in [-0.2, -0.15) is 4.58 Å². The van der Waals surface area contributed by atoms with E-state index in [4.69, 9.17) is 4.74 Å². The number of aliphatic hydroxyl groups excluding tert-OH is 1. The van der Waals surface area contributed by atoms with Crippen LogP contribution < -0.4 is 9.64 Å². The Morgan fingerprint density at radius 2 is 1.33 bits per heavy atom. The zero-order chi connectivity index (χ0) is 37.3. The third-order valence-electron chi connectivity index (χ3n) is 11.9. The Morgan fingerprint density at radius 3 is 1.94 bits per heavy atom. The fourth-order valence-electron chi connectivity index (χ4n) is 8.62. The van der Waals surface area contributed by atoms with E-state index in [0.717, 1.165) is 43.1 Å². The van der Waals surface area contributed by atoms with Gasteiger partial charge in [0.25, 0.3) is 0 Å². The van der Waals surface area contributed by atoms with Crippen LogP contribution in [-0.2, 0) is 15.6 Å². The number of anilines is 1. The van der Waals surface area contributed by atoms with Crippen molar-refractivity contribution in [1.82, 2.24) is 0 Å². The first-order chi connectivity index (χ1) is 25.1. The average Bonchev–Trinajstić information content (AvgIpc) is 3.49. The second kappa shape index (κ2) is 18.0. The molecule has 282 valence electrons. The van der Waals surface area contributed by atoms with Crippen molar-refractivity contribution in [2.75, 3.05) is 25.1 Å². The minimum Gasteiger partial charge on any atom is -0.506 e. The molecule has 1 N–H and O–H groups in total. The third-order valence-corrected chi connectivity index (χ3v) is 11.9. The van der Waals surface area contributed by atoms with Gasteiger partial charge in [-0.05, 0) is 56.5 Å². The van der Waals surface area contributed by atoms with Crippen molar-refractivity contribution in [2.24, 2.45) is 0 Å². The zero-order valence-corrected chi connectivity index (χ0v) is 33.6. The van der Waals surface area contributed by atoms with Gasteiger partial charge in [0, 0.05) is 47.5 Å². The van der Waals surface area contributed by atoms with E-state index in [9.17, 15) is 9.90 Å². The molecule has 0 aromatic heterocycles. The summed E-state index contributed by atoms with van der Waals surface area (Å²) >= 11 is 0. The predicted octanol–water partition coefficient (Wildman–Crippen LogP) is 12.4. The van der Waals surface area contributed by atoms with Gasteiger partial charge in [0.2, 0.25) is 11.5 Å². The molecule has 3 aliphatic rings. The summed E-state index contributed by atoms with van der Waals surface area (Å²) < 4.78 is 8.04. The maximum Gasteiger partial charge on any atom is 0.209 e. The Balaban J connectivity index is 1.38. The summed E-state index contributed by atoms with van der Waals surface area (Å²) in [6.45, 7) is 15.2. The van der Waals surface area contributed by atoms with E-state index < -0.39 is 0 Å². The quantitative estimate of drug-likeness (QED) is 0.0797. The molecule has 0 spiro atoms. The molecule has 5 rings (SSSR count). The summed E-state index contributed by atoms with van der Waals surface area (Å²) in [5.41, 5.74) is 7.21. The van der Waals surface area contributed by atoms with Gasteiger partial charge < -0.3 is 14.7 Å². The van der Waals surface area contributed by atoms with Crippen LogP contribution in [-0.4, -0.2) is 41.4 Å². The van der Waals surface area contributed by atoms with Crippen molar-refractivity contribution in [3.05, 3.63) is 88.3 Å². The van der Waals surface area contributed by atoms with Crippen molar-refractivity contribution < 1.29 is 19.2 Å². The van der Waals surface area contributed by atoms with Crippen LogP contribution in [0.1, 0.15) is 155 Å². The second-order valence-electron chi connectivity index (χ2n) is 16.5. The smallest absolute Gasteiger partial charge is 0.209 e. The van der Waals surface area contributed by atoms with Crippen molar-refractivity contribution in [2.45, 2.75) is 155 Å². The molecule has 0 saturated heterocycles. The maximum absolute atomic E-state index is 14.0. The SMILES string of the molecule is CCCCCCCCCCCCN1C(=CC2=C(O)C(=CC3=[N+](CCCCCCCC)c4ccccc4C3(C)C)C2=O)C(C)(C)c2cc(OC)ccc21. The van der Waals surface area contributed by atoms with Gasteiger partial charge in [-0.25, -0.2) is 0 Å². The van der Waals surface area contributed by atoms with E-state index in [-0.39, 0.29) is 22.4 Å². The third kappa shape index (κ3) is 8.45. The molecule has 1 aliphatic carbocycles. The summed E-state index contributed by atoms with van der Waals surface area (Å²) in [7, 11) is 1.71. The number of Topliss-reactive ketones (excluding diaryl/α,β-unsaturated/α-hetero) is 1. The molecule has 0 bridgehead atoms. The number of rotatable bonds is 21. The molecule has 0 amide bonds. The number of hydrogen-bond donors (Lipinski definition) is 1. The first-order valence-corrected chi connectivity index (χ1v) is 20.7. The number of para-hydroxylation sites is 1. The minimum atomic E-state index is -0.354. The van der Waals surface area contributed by atoms with Gasteiger partial charge >= 0.3 is 0 Å². The number of fused-ring (bicyclic) bond motifs is 2. The van der Waals surface area contributed by atoms with Crippen molar-refractivity contribution in [3.63, 3.8) is 0 Å². The highest BCUT2D eigenvalue weighted by atomic mass is 16.5. The number of methoxy groups -OCH3 is 1. The first-order valence-electron chi connectivity index (χ1n) is 20.7. The number of carbonyl (C=O) groups is 1. The standard InChI is InChI=1S/C47H66N2O3/c1-8-10-12-14-16-17-18-19-21-25-31-49-41-29-28-35(52-7)32-39(41)47(5,6)43(49)34-37-44(50)36(45(37)51)33-42-46(3,4)38-26-22-23-27-40(38)48(42)30-24-20-15-13-11-9-2/h22-23,26-29,32-34H,8-21,24-25,30-31H2,1-7H3/p+1. The molecule has 2 aromatic carbocycles. The molecule has 2 aliphatic heterocycles. The highest BCUT2D eigenvalue weighted by Gasteiger charge is 2.47. The lowest BCUT2D eigenvalue weighted by molar-refractivity contribution is -0.438. The Kier molecular flexibility index (Phi) is 13.7. The fourth-order valence-corrected chi connectivity index (χ4v) is 8.62.